The predicted octanol–water partition coefficient (Wildman–Crippen LogP) is 3.89. The highest BCUT2D eigenvalue weighted by Gasteiger charge is 2.07. The van der Waals surface area contributed by atoms with Gasteiger partial charge in [0.05, 0.1) is 11.6 Å². The van der Waals surface area contributed by atoms with Crippen LogP contribution in [0.3, 0.4) is 0 Å². The number of thiazole rings is 1. The number of carboxylic acids is 1. The van der Waals surface area contributed by atoms with E-state index in [1.165, 1.54) is 24.5 Å². The van der Waals surface area contributed by atoms with Gasteiger partial charge in [-0.15, -0.1) is 11.3 Å². The number of phenolic OH excluding ortho intramolecular Hbond substituents is 1. The normalized spacial score (nSPS) is 11.4. The highest BCUT2D eigenvalue weighted by Crippen LogP contribution is 2.35. The molecule has 0 aliphatic rings. The van der Waals surface area contributed by atoms with Gasteiger partial charge in [-0.25, -0.2) is 9.78 Å². The first-order valence-corrected chi connectivity index (χ1v) is 7.72. The van der Waals surface area contributed by atoms with Crippen molar-refractivity contribution < 1.29 is 19.7 Å². The van der Waals surface area contributed by atoms with Crippen LogP contribution in [0.5, 0.6) is 11.5 Å². The van der Waals surface area contributed by atoms with Crippen LogP contribution in [0.15, 0.2) is 28.9 Å². The van der Waals surface area contributed by atoms with Gasteiger partial charge in [-0.3, -0.25) is 0 Å². The third-order valence-electron chi connectivity index (χ3n) is 2.62. The van der Waals surface area contributed by atoms with Crippen LogP contribution in [0.2, 0.25) is 0 Å². The first kappa shape index (κ1) is 16.3. The van der Waals surface area contributed by atoms with Gasteiger partial charge in [0.25, 0.3) is 0 Å². The lowest BCUT2D eigenvalue weighted by Crippen LogP contribution is -1.85. The zero-order valence-corrected chi connectivity index (χ0v) is 13.9. The van der Waals surface area contributed by atoms with Crippen LogP contribution in [-0.4, -0.2) is 28.3 Å². The summed E-state index contributed by atoms with van der Waals surface area (Å²) in [4.78, 5) is 15.4. The minimum atomic E-state index is -0.994. The van der Waals surface area contributed by atoms with E-state index in [1.807, 2.05) is 6.08 Å². The molecule has 0 bridgehead atoms. The molecule has 2 rings (SSSR count). The molecule has 0 aliphatic carbocycles. The van der Waals surface area contributed by atoms with E-state index in [-0.39, 0.29) is 5.75 Å². The number of hydrogen-bond acceptors (Lipinski definition) is 5. The second-order valence-corrected chi connectivity index (χ2v) is 6.11. The van der Waals surface area contributed by atoms with Gasteiger partial charge >= 0.3 is 5.97 Å². The molecule has 0 atom stereocenters. The van der Waals surface area contributed by atoms with E-state index in [1.54, 1.807) is 24.4 Å². The molecule has 22 heavy (non-hydrogen) atoms. The van der Waals surface area contributed by atoms with Crippen molar-refractivity contribution in [3.05, 3.63) is 44.3 Å². The van der Waals surface area contributed by atoms with Gasteiger partial charge in [-0.05, 0) is 45.8 Å². The van der Waals surface area contributed by atoms with Crippen LogP contribution in [0.4, 0.5) is 0 Å². The molecule has 0 spiro atoms. The Labute approximate surface area is 139 Å². The fraction of sp³-hybridized carbons (Fsp3) is 0.0667. The molecule has 114 valence electrons. The number of carboxylic acid groups (broad SMARTS) is 1. The van der Waals surface area contributed by atoms with Crippen molar-refractivity contribution in [2.24, 2.45) is 0 Å². The standard InChI is InChI=1S/C15H12BrNO4S/c1-21-12-7-9(6-11(16)15(12)20)2-4-13-17-8-10(22-13)3-5-14(18)19/h2-8,20H,1H3,(H,18,19). The van der Waals surface area contributed by atoms with E-state index in [9.17, 15) is 9.90 Å². The summed E-state index contributed by atoms with van der Waals surface area (Å²) < 4.78 is 5.62. The van der Waals surface area contributed by atoms with Gasteiger partial charge in [0.15, 0.2) is 11.5 Å². The van der Waals surface area contributed by atoms with E-state index in [2.05, 4.69) is 20.9 Å². The van der Waals surface area contributed by atoms with Crippen LogP contribution >= 0.6 is 27.3 Å². The molecule has 1 aromatic carbocycles. The van der Waals surface area contributed by atoms with Crippen molar-refractivity contribution >= 4 is 51.5 Å². The number of methoxy groups -OCH3 is 1. The van der Waals surface area contributed by atoms with Crippen molar-refractivity contribution in [1.29, 1.82) is 0 Å². The summed E-state index contributed by atoms with van der Waals surface area (Å²) in [7, 11) is 1.48. The molecule has 5 nitrogen and oxygen atoms in total. The molecule has 0 radical (unpaired) electrons. The molecule has 2 N–H and O–H groups in total. The topological polar surface area (TPSA) is 79.7 Å². The minimum absolute atomic E-state index is 0.0509. The molecule has 0 saturated heterocycles. The van der Waals surface area contributed by atoms with Crippen molar-refractivity contribution in [3.8, 4) is 11.5 Å². The number of rotatable bonds is 5. The van der Waals surface area contributed by atoms with Crippen molar-refractivity contribution in [1.82, 2.24) is 4.98 Å². The summed E-state index contributed by atoms with van der Waals surface area (Å²) >= 11 is 4.63. The van der Waals surface area contributed by atoms with E-state index in [0.717, 1.165) is 21.5 Å². The number of aromatic hydroxyl groups is 1. The molecule has 0 unspecified atom stereocenters. The van der Waals surface area contributed by atoms with Gasteiger partial charge in [0.1, 0.15) is 5.01 Å². The summed E-state index contributed by atoms with van der Waals surface area (Å²) in [6.07, 6.45) is 7.81. The molecule has 0 aliphatic heterocycles. The number of benzene rings is 1. The molecule has 0 saturated carbocycles. The van der Waals surface area contributed by atoms with E-state index in [0.29, 0.717) is 10.2 Å². The fourth-order valence-electron chi connectivity index (χ4n) is 1.62. The maximum Gasteiger partial charge on any atom is 0.328 e. The number of aliphatic carboxylic acids is 1. The average Bonchev–Trinajstić information content (AvgIpc) is 2.94. The second-order valence-electron chi connectivity index (χ2n) is 4.16. The zero-order valence-electron chi connectivity index (χ0n) is 11.5. The van der Waals surface area contributed by atoms with Crippen LogP contribution in [-0.2, 0) is 4.79 Å². The monoisotopic (exact) mass is 381 g/mol. The van der Waals surface area contributed by atoms with Gasteiger partial charge in [-0.1, -0.05) is 6.08 Å². The Morgan fingerprint density at radius 3 is 2.82 bits per heavy atom. The molecule has 0 fully saturated rings. The van der Waals surface area contributed by atoms with Crippen LogP contribution in [0.1, 0.15) is 15.4 Å². The highest BCUT2D eigenvalue weighted by atomic mass is 79.9. The maximum absolute atomic E-state index is 10.5. The average molecular weight is 382 g/mol. The fourth-order valence-corrected chi connectivity index (χ4v) is 2.81. The van der Waals surface area contributed by atoms with Gasteiger partial charge < -0.3 is 14.9 Å². The molecule has 1 heterocycles. The summed E-state index contributed by atoms with van der Waals surface area (Å²) in [5.41, 5.74) is 0.833. The number of ether oxygens (including phenoxy) is 1. The summed E-state index contributed by atoms with van der Waals surface area (Å²) in [5, 5.41) is 19.1. The third kappa shape index (κ3) is 4.19. The van der Waals surface area contributed by atoms with Crippen LogP contribution < -0.4 is 4.74 Å². The Balaban J connectivity index is 2.19. The van der Waals surface area contributed by atoms with Crippen molar-refractivity contribution in [2.75, 3.05) is 7.11 Å². The largest absolute Gasteiger partial charge is 0.503 e. The number of carbonyl (C=O) groups is 1. The number of aromatic nitrogens is 1. The number of nitrogens with zero attached hydrogens (tertiary/aromatic N) is 1. The molecule has 7 heteroatoms. The SMILES string of the molecule is COc1cc(C=Cc2ncc(C=CC(=O)O)s2)cc(Br)c1O. The van der Waals surface area contributed by atoms with Crippen molar-refractivity contribution in [2.45, 2.75) is 0 Å². The molecule has 2 aromatic rings. The Morgan fingerprint density at radius 2 is 2.14 bits per heavy atom. The highest BCUT2D eigenvalue weighted by molar-refractivity contribution is 9.10. The third-order valence-corrected chi connectivity index (χ3v) is 4.15. The number of halogens is 1. The molecular formula is C15H12BrNO4S. The van der Waals surface area contributed by atoms with Crippen molar-refractivity contribution in [3.63, 3.8) is 0 Å². The summed E-state index contributed by atoms with van der Waals surface area (Å²) in [6, 6.07) is 3.46. The van der Waals surface area contributed by atoms with Gasteiger partial charge in [-0.2, -0.15) is 0 Å². The van der Waals surface area contributed by atoms with E-state index >= 15 is 0 Å². The Morgan fingerprint density at radius 1 is 1.36 bits per heavy atom. The quantitative estimate of drug-likeness (QED) is 0.767. The lowest BCUT2D eigenvalue weighted by molar-refractivity contribution is -0.131. The molecule has 1 aromatic heterocycles. The Hall–Kier alpha value is -2.12. The van der Waals surface area contributed by atoms with Crippen LogP contribution in [0.25, 0.3) is 18.2 Å². The summed E-state index contributed by atoms with van der Waals surface area (Å²) in [5.74, 6) is -0.570. The lowest BCUT2D eigenvalue weighted by atomic mass is 10.2. The lowest BCUT2D eigenvalue weighted by Gasteiger charge is -2.06. The Bertz CT molecular complexity index is 752. The summed E-state index contributed by atoms with van der Waals surface area (Å²) in [6.45, 7) is 0. The minimum Gasteiger partial charge on any atom is -0.503 e. The number of phenols is 1. The van der Waals surface area contributed by atoms with E-state index in [4.69, 9.17) is 9.84 Å². The molecular weight excluding hydrogens is 370 g/mol. The zero-order chi connectivity index (χ0) is 16.1. The first-order valence-electron chi connectivity index (χ1n) is 6.11. The molecule has 0 amide bonds. The number of hydrogen-bond donors (Lipinski definition) is 2. The predicted molar refractivity (Wildman–Crippen MR) is 90.1 cm³/mol. The smallest absolute Gasteiger partial charge is 0.328 e. The Kier molecular flexibility index (Phi) is 5.35. The second kappa shape index (κ2) is 7.24. The van der Waals surface area contributed by atoms with Gasteiger partial charge in [0, 0.05) is 17.2 Å². The van der Waals surface area contributed by atoms with E-state index < -0.39 is 5.97 Å². The van der Waals surface area contributed by atoms with Crippen LogP contribution in [0, 0.1) is 0 Å². The van der Waals surface area contributed by atoms with Gasteiger partial charge in [0.2, 0.25) is 0 Å². The maximum atomic E-state index is 10.5. The first-order chi connectivity index (χ1) is 10.5.